The summed E-state index contributed by atoms with van der Waals surface area (Å²) >= 11 is 12.9. The number of benzene rings is 1. The molecule has 3 aliphatic heterocycles. The highest BCUT2D eigenvalue weighted by Gasteiger charge is 2.78. The van der Waals surface area contributed by atoms with E-state index in [2.05, 4.69) is 0 Å². The van der Waals surface area contributed by atoms with Gasteiger partial charge in [0.05, 0.1) is 5.75 Å². The van der Waals surface area contributed by atoms with Crippen molar-refractivity contribution in [2.24, 2.45) is 5.92 Å². The van der Waals surface area contributed by atoms with Gasteiger partial charge in [0.15, 0.2) is 20.0 Å². The summed E-state index contributed by atoms with van der Waals surface area (Å²) < 4.78 is 29.3. The van der Waals surface area contributed by atoms with Gasteiger partial charge in [-0.1, -0.05) is 47.5 Å². The molecule has 2 fully saturated rings. The Kier molecular flexibility index (Phi) is 1.66. The second kappa shape index (κ2) is 2.67. The monoisotopic (exact) mass is 290 g/mol. The molecule has 3 aliphatic rings. The Morgan fingerprint density at radius 1 is 1.18 bits per heavy atom. The van der Waals surface area contributed by atoms with Crippen LogP contribution in [0.15, 0.2) is 24.3 Å². The molecule has 0 aliphatic carbocycles. The van der Waals surface area contributed by atoms with Crippen LogP contribution in [0.1, 0.15) is 11.1 Å². The SMILES string of the molecule is O=S1(=O)C[C@@H]2[C@H]1[C@]1(Cl)O[C@]2(Cl)c2ccccc21. The van der Waals surface area contributed by atoms with Crippen LogP contribution in [-0.2, 0) is 24.7 Å². The van der Waals surface area contributed by atoms with E-state index in [-0.39, 0.29) is 11.7 Å². The normalized spacial score (nSPS) is 48.4. The summed E-state index contributed by atoms with van der Waals surface area (Å²) in [5, 5.41) is -3.06. The first-order valence-corrected chi connectivity index (χ1v) is 7.76. The molecular formula is C11H8Cl2O3S. The van der Waals surface area contributed by atoms with Crippen LogP contribution in [0.3, 0.4) is 0 Å². The zero-order chi connectivity index (χ0) is 12.1. The molecule has 1 aromatic carbocycles. The van der Waals surface area contributed by atoms with Gasteiger partial charge in [-0.3, -0.25) is 0 Å². The van der Waals surface area contributed by atoms with Crippen molar-refractivity contribution in [3.63, 3.8) is 0 Å². The van der Waals surface area contributed by atoms with Crippen molar-refractivity contribution in [3.8, 4) is 0 Å². The van der Waals surface area contributed by atoms with E-state index >= 15 is 0 Å². The average molecular weight is 291 g/mol. The summed E-state index contributed by atoms with van der Waals surface area (Å²) in [6.45, 7) is 0. The minimum Gasteiger partial charge on any atom is -0.328 e. The molecule has 1 aromatic rings. The van der Waals surface area contributed by atoms with Crippen molar-refractivity contribution in [1.82, 2.24) is 0 Å². The van der Waals surface area contributed by atoms with Crippen LogP contribution in [-0.4, -0.2) is 19.4 Å². The summed E-state index contributed by atoms with van der Waals surface area (Å²) in [7, 11) is -3.17. The summed E-state index contributed by atoms with van der Waals surface area (Å²) in [4.78, 5) is 0. The molecule has 3 nitrogen and oxygen atoms in total. The van der Waals surface area contributed by atoms with Crippen LogP contribution < -0.4 is 0 Å². The molecule has 0 amide bonds. The van der Waals surface area contributed by atoms with Crippen LogP contribution in [0.25, 0.3) is 0 Å². The van der Waals surface area contributed by atoms with Gasteiger partial charge in [-0.2, -0.15) is 0 Å². The molecule has 2 bridgehead atoms. The number of sulfone groups is 1. The second-order valence-corrected chi connectivity index (χ2v) is 8.08. The van der Waals surface area contributed by atoms with Crippen molar-refractivity contribution >= 4 is 33.0 Å². The van der Waals surface area contributed by atoms with Gasteiger partial charge in [-0.05, 0) is 0 Å². The first kappa shape index (κ1) is 10.6. The van der Waals surface area contributed by atoms with E-state index in [0.29, 0.717) is 5.56 Å². The molecule has 2 saturated heterocycles. The molecule has 0 saturated carbocycles. The standard InChI is InChI=1S/C11H8Cl2O3S/c12-10-6-3-1-2-4-7(6)11(13,16-10)9-8(10)5-17(9,14)15/h1-4,8-9H,5H2/t8-,9+,10-,11-/m1/s1. The Labute approximate surface area is 109 Å². The maximum absolute atomic E-state index is 11.8. The third kappa shape index (κ3) is 0.951. The number of hydrogen-bond donors (Lipinski definition) is 0. The van der Waals surface area contributed by atoms with Gasteiger partial charge in [0.25, 0.3) is 0 Å². The topological polar surface area (TPSA) is 43.4 Å². The molecule has 90 valence electrons. The van der Waals surface area contributed by atoms with Crippen LogP contribution in [0.2, 0.25) is 0 Å². The number of hydrogen-bond acceptors (Lipinski definition) is 3. The Balaban J connectivity index is 2.05. The van der Waals surface area contributed by atoms with E-state index < -0.39 is 25.2 Å². The van der Waals surface area contributed by atoms with Crippen molar-refractivity contribution in [2.75, 3.05) is 5.75 Å². The van der Waals surface area contributed by atoms with E-state index in [1.54, 1.807) is 6.07 Å². The third-order valence-corrected chi connectivity index (χ3v) is 7.43. The van der Waals surface area contributed by atoms with Gasteiger partial charge < -0.3 is 4.74 Å². The molecule has 0 spiro atoms. The predicted molar refractivity (Wildman–Crippen MR) is 63.7 cm³/mol. The molecule has 17 heavy (non-hydrogen) atoms. The average Bonchev–Trinajstić information content (AvgIpc) is 2.58. The Hall–Kier alpha value is -0.290. The predicted octanol–water partition coefficient (Wildman–Crippen LogP) is 1.93. The third-order valence-electron chi connectivity index (χ3n) is 3.97. The highest BCUT2D eigenvalue weighted by molar-refractivity contribution is 7.93. The molecule has 4 atom stereocenters. The van der Waals surface area contributed by atoms with Gasteiger partial charge >= 0.3 is 0 Å². The van der Waals surface area contributed by atoms with E-state index in [1.165, 1.54) is 0 Å². The number of halogens is 2. The second-order valence-electron chi connectivity index (χ2n) is 4.79. The lowest BCUT2D eigenvalue weighted by Gasteiger charge is -2.42. The lowest BCUT2D eigenvalue weighted by molar-refractivity contribution is 0.00565. The summed E-state index contributed by atoms with van der Waals surface area (Å²) in [6, 6.07) is 7.31. The molecular weight excluding hydrogens is 283 g/mol. The minimum absolute atomic E-state index is 0.0595. The number of rotatable bonds is 0. The van der Waals surface area contributed by atoms with Crippen molar-refractivity contribution in [2.45, 2.75) is 15.4 Å². The van der Waals surface area contributed by atoms with Gasteiger partial charge in [0.1, 0.15) is 5.25 Å². The Morgan fingerprint density at radius 3 is 2.35 bits per heavy atom. The molecule has 6 heteroatoms. The fourth-order valence-corrected chi connectivity index (χ4v) is 6.99. The van der Waals surface area contributed by atoms with Crippen molar-refractivity contribution in [1.29, 1.82) is 0 Å². The van der Waals surface area contributed by atoms with Crippen molar-refractivity contribution in [3.05, 3.63) is 35.4 Å². The largest absolute Gasteiger partial charge is 0.328 e. The van der Waals surface area contributed by atoms with E-state index in [9.17, 15) is 8.42 Å². The van der Waals surface area contributed by atoms with Gasteiger partial charge in [0.2, 0.25) is 0 Å². The molecule has 0 aromatic heterocycles. The van der Waals surface area contributed by atoms with Crippen LogP contribution >= 0.6 is 23.2 Å². The van der Waals surface area contributed by atoms with Crippen molar-refractivity contribution < 1.29 is 13.2 Å². The first-order chi connectivity index (χ1) is 7.90. The van der Waals surface area contributed by atoms with Gasteiger partial charge in [0, 0.05) is 17.0 Å². The summed E-state index contributed by atoms with van der Waals surface area (Å²) in [5.74, 6) is -0.175. The lowest BCUT2D eigenvalue weighted by Crippen LogP contribution is -2.57. The molecule has 0 radical (unpaired) electrons. The summed E-state index contributed by atoms with van der Waals surface area (Å²) in [6.07, 6.45) is 0. The lowest BCUT2D eigenvalue weighted by atomic mass is 9.83. The fourth-order valence-electron chi connectivity index (χ4n) is 3.25. The van der Waals surface area contributed by atoms with E-state index in [0.717, 1.165) is 5.56 Å². The Bertz CT molecular complexity index is 644. The van der Waals surface area contributed by atoms with E-state index in [4.69, 9.17) is 27.9 Å². The number of alkyl halides is 2. The molecule has 3 heterocycles. The highest BCUT2D eigenvalue weighted by atomic mass is 35.5. The van der Waals surface area contributed by atoms with Crippen LogP contribution in [0.5, 0.6) is 0 Å². The smallest absolute Gasteiger partial charge is 0.187 e. The Morgan fingerprint density at radius 2 is 1.76 bits per heavy atom. The maximum atomic E-state index is 11.8. The molecule has 4 rings (SSSR count). The zero-order valence-corrected chi connectivity index (χ0v) is 10.9. The van der Waals surface area contributed by atoms with E-state index in [1.807, 2.05) is 18.2 Å². The number of ether oxygens (including phenoxy) is 1. The van der Waals surface area contributed by atoms with Crippen LogP contribution in [0, 0.1) is 5.92 Å². The molecule has 0 N–H and O–H groups in total. The van der Waals surface area contributed by atoms with Gasteiger partial charge in [-0.15, -0.1) is 0 Å². The minimum atomic E-state index is -3.17. The summed E-state index contributed by atoms with van der Waals surface area (Å²) in [5.41, 5.74) is 1.51. The number of fused-ring (bicyclic) bond motifs is 8. The first-order valence-electron chi connectivity index (χ1n) is 5.29. The molecule has 0 unspecified atom stereocenters. The van der Waals surface area contributed by atoms with Crippen LogP contribution in [0.4, 0.5) is 0 Å². The fraction of sp³-hybridized carbons (Fsp3) is 0.455. The maximum Gasteiger partial charge on any atom is 0.187 e. The highest BCUT2D eigenvalue weighted by Crippen LogP contribution is 2.70. The quantitative estimate of drug-likeness (QED) is 0.686. The zero-order valence-electron chi connectivity index (χ0n) is 8.56. The van der Waals surface area contributed by atoms with Gasteiger partial charge in [-0.25, -0.2) is 8.42 Å².